The van der Waals surface area contributed by atoms with Gasteiger partial charge in [0.1, 0.15) is 11.9 Å². The Balaban J connectivity index is 2.16. The molecule has 1 saturated heterocycles. The number of hydrogen-bond donors (Lipinski definition) is 1. The normalized spacial score (nSPS) is 29.9. The molecule has 0 aromatic rings. The van der Waals surface area contributed by atoms with Gasteiger partial charge in [-0.15, -0.1) is 0 Å². The molecule has 0 bridgehead atoms. The first-order valence-corrected chi connectivity index (χ1v) is 11.4. The van der Waals surface area contributed by atoms with E-state index in [1.54, 1.807) is 38.2 Å². The van der Waals surface area contributed by atoms with Crippen LogP contribution in [-0.4, -0.2) is 39.4 Å². The highest BCUT2D eigenvalue weighted by Gasteiger charge is 2.76. The topological polar surface area (TPSA) is 110 Å². The smallest absolute Gasteiger partial charge is 0.270 e. The third kappa shape index (κ3) is 6.15. The second-order valence-corrected chi connectivity index (χ2v) is 10.1. The maximum Gasteiger partial charge on any atom is 0.270 e. The number of nitrogens with zero attached hydrogens (tertiary/aromatic N) is 1. The summed E-state index contributed by atoms with van der Waals surface area (Å²) in [7, 11) is 0. The van der Waals surface area contributed by atoms with Crippen LogP contribution in [0.25, 0.3) is 0 Å². The number of ether oxygens (including phenoxy) is 1. The van der Waals surface area contributed by atoms with Gasteiger partial charge in [0.15, 0.2) is 5.78 Å². The summed E-state index contributed by atoms with van der Waals surface area (Å²) in [6, 6.07) is 0. The molecular formula is C27H35NO6. The number of Topliss-reactive ketones (excluding diaryl/α,β-unsaturated/α-hetero) is 1. The highest BCUT2D eigenvalue weighted by molar-refractivity contribution is 5.96. The number of aliphatic hydroxyl groups is 1. The lowest BCUT2D eigenvalue weighted by Crippen LogP contribution is -2.48. The largest absolute Gasteiger partial charge is 0.393 e. The van der Waals surface area contributed by atoms with Gasteiger partial charge < -0.3 is 9.84 Å². The molecule has 0 radical (unpaired) electrons. The number of rotatable bonds is 10. The molecule has 184 valence electrons. The first-order valence-electron chi connectivity index (χ1n) is 11.4. The summed E-state index contributed by atoms with van der Waals surface area (Å²) < 4.78 is 6.07. The molecule has 1 aliphatic heterocycles. The molecule has 34 heavy (non-hydrogen) atoms. The van der Waals surface area contributed by atoms with Crippen molar-refractivity contribution in [1.82, 2.24) is 0 Å². The van der Waals surface area contributed by atoms with E-state index in [1.807, 2.05) is 33.8 Å². The van der Waals surface area contributed by atoms with Gasteiger partial charge in [0, 0.05) is 25.0 Å². The van der Waals surface area contributed by atoms with E-state index in [0.29, 0.717) is 30.3 Å². The van der Waals surface area contributed by atoms with Crippen molar-refractivity contribution in [3.05, 3.63) is 81.1 Å². The Hall–Kier alpha value is -2.90. The number of nitro groups is 1. The first kappa shape index (κ1) is 27.3. The Morgan fingerprint density at radius 3 is 2.24 bits per heavy atom. The van der Waals surface area contributed by atoms with Crippen LogP contribution in [0.3, 0.4) is 0 Å². The molecule has 0 amide bonds. The minimum absolute atomic E-state index is 0.123. The summed E-state index contributed by atoms with van der Waals surface area (Å²) in [5, 5.41) is 21.8. The molecule has 7 nitrogen and oxygen atoms in total. The monoisotopic (exact) mass is 469 g/mol. The zero-order chi connectivity index (χ0) is 25.7. The number of carbonyl (C=O) groups is 2. The average Bonchev–Trinajstić information content (AvgIpc) is 3.33. The van der Waals surface area contributed by atoms with E-state index >= 15 is 0 Å². The number of aliphatic hydroxyl groups excluding tert-OH is 1. The van der Waals surface area contributed by atoms with E-state index in [0.717, 1.165) is 5.57 Å². The Bertz CT molecular complexity index is 1030. The van der Waals surface area contributed by atoms with Crippen molar-refractivity contribution >= 4 is 12.1 Å². The Morgan fingerprint density at radius 1 is 1.06 bits per heavy atom. The van der Waals surface area contributed by atoms with Crippen LogP contribution in [0.5, 0.6) is 0 Å². The second kappa shape index (κ2) is 10.6. The number of fused-ring (bicyclic) bond motifs is 1. The number of allylic oxidation sites excluding steroid dienone is 11. The zero-order valence-electron chi connectivity index (χ0n) is 20.8. The SMILES string of the molecule is CC(/C=C\C=O)=C\C=C\C=C(C)\C=C(\C=C(/C)C(=O)C[C@@]12O[C@]1(C)C[C@@H](O)CC2(C)C)[N+](=O)[O-]. The van der Waals surface area contributed by atoms with Gasteiger partial charge in [0.25, 0.3) is 5.70 Å². The van der Waals surface area contributed by atoms with Crippen molar-refractivity contribution in [3.8, 4) is 0 Å². The van der Waals surface area contributed by atoms with Gasteiger partial charge in [0.05, 0.1) is 16.6 Å². The lowest BCUT2D eigenvalue weighted by atomic mass is 9.61. The second-order valence-electron chi connectivity index (χ2n) is 10.1. The standard InChI is InChI=1S/C27H35NO6/c1-19(12-9-13-29)10-7-8-11-20(2)14-22(28(32)33)15-21(3)24(31)18-27-25(4,5)16-23(30)17-26(27,6)34-27/h7-15,23,30H,16-18H2,1-6H3/b8-7+,12-9-,19-10+,20-11+,21-15+,22-14-/t23-,26+,27-/m0/s1. The lowest BCUT2D eigenvalue weighted by molar-refractivity contribution is -0.419. The van der Waals surface area contributed by atoms with Crippen LogP contribution in [0.2, 0.25) is 0 Å². The van der Waals surface area contributed by atoms with Crippen molar-refractivity contribution in [2.45, 2.75) is 78.1 Å². The molecule has 3 atom stereocenters. The predicted octanol–water partition coefficient (Wildman–Crippen LogP) is 4.97. The average molecular weight is 470 g/mol. The summed E-state index contributed by atoms with van der Waals surface area (Å²) in [4.78, 5) is 34.5. The van der Waals surface area contributed by atoms with E-state index in [9.17, 15) is 24.8 Å². The fourth-order valence-electron chi connectivity index (χ4n) is 4.92. The minimum atomic E-state index is -0.670. The Kier molecular flexibility index (Phi) is 8.50. The molecule has 0 aromatic heterocycles. The third-order valence-corrected chi connectivity index (χ3v) is 6.74. The van der Waals surface area contributed by atoms with E-state index in [1.165, 1.54) is 18.2 Å². The molecule has 0 aromatic carbocycles. The quantitative estimate of drug-likeness (QED) is 0.121. The molecule has 1 N–H and O–H groups in total. The molecule has 2 rings (SSSR count). The number of hydrogen-bond acceptors (Lipinski definition) is 6. The van der Waals surface area contributed by atoms with Crippen molar-refractivity contribution in [2.24, 2.45) is 5.41 Å². The number of carbonyl (C=O) groups excluding carboxylic acids is 2. The lowest BCUT2D eigenvalue weighted by Gasteiger charge is -2.40. The molecule has 1 saturated carbocycles. The highest BCUT2D eigenvalue weighted by atomic mass is 16.6. The van der Waals surface area contributed by atoms with Crippen LogP contribution in [0.1, 0.15) is 60.8 Å². The van der Waals surface area contributed by atoms with E-state index in [2.05, 4.69) is 0 Å². The van der Waals surface area contributed by atoms with Crippen LogP contribution in [0.15, 0.2) is 71.0 Å². The van der Waals surface area contributed by atoms with Gasteiger partial charge >= 0.3 is 0 Å². The number of epoxide rings is 1. The van der Waals surface area contributed by atoms with Crippen molar-refractivity contribution < 1.29 is 24.4 Å². The maximum absolute atomic E-state index is 13.0. The predicted molar refractivity (Wildman–Crippen MR) is 132 cm³/mol. The van der Waals surface area contributed by atoms with Gasteiger partial charge in [-0.05, 0) is 56.8 Å². The number of aldehydes is 1. The van der Waals surface area contributed by atoms with Crippen molar-refractivity contribution in [3.63, 3.8) is 0 Å². The molecule has 2 fully saturated rings. The van der Waals surface area contributed by atoms with E-state index in [4.69, 9.17) is 4.74 Å². The first-order chi connectivity index (χ1) is 15.8. The van der Waals surface area contributed by atoms with Crippen LogP contribution in [0.4, 0.5) is 0 Å². The molecule has 0 unspecified atom stereocenters. The fourth-order valence-corrected chi connectivity index (χ4v) is 4.92. The molecule has 0 spiro atoms. The molecule has 1 heterocycles. The number of ketones is 1. The van der Waals surface area contributed by atoms with Crippen LogP contribution in [-0.2, 0) is 14.3 Å². The maximum atomic E-state index is 13.0. The van der Waals surface area contributed by atoms with Gasteiger partial charge in [-0.1, -0.05) is 49.8 Å². The summed E-state index contributed by atoms with van der Waals surface area (Å²) in [5.74, 6) is -0.202. The Labute approximate surface area is 201 Å². The summed E-state index contributed by atoms with van der Waals surface area (Å²) in [6.07, 6.45) is 14.2. The van der Waals surface area contributed by atoms with E-state index in [-0.39, 0.29) is 17.9 Å². The van der Waals surface area contributed by atoms with Gasteiger partial charge in [-0.25, -0.2) is 0 Å². The third-order valence-electron chi connectivity index (χ3n) is 6.74. The van der Waals surface area contributed by atoms with Crippen molar-refractivity contribution in [2.75, 3.05) is 0 Å². The fraction of sp³-hybridized carbons (Fsp3) is 0.481. The Morgan fingerprint density at radius 2 is 1.68 bits per heavy atom. The highest BCUT2D eigenvalue weighted by Crippen LogP contribution is 2.67. The van der Waals surface area contributed by atoms with Crippen LogP contribution >= 0.6 is 0 Å². The van der Waals surface area contributed by atoms with Crippen LogP contribution in [0, 0.1) is 15.5 Å². The van der Waals surface area contributed by atoms with E-state index < -0.39 is 27.6 Å². The summed E-state index contributed by atoms with van der Waals surface area (Å²) in [5.41, 5.74) is 0.0279. The molecule has 1 aliphatic carbocycles. The minimum Gasteiger partial charge on any atom is -0.393 e. The zero-order valence-corrected chi connectivity index (χ0v) is 20.8. The molecule has 2 aliphatic rings. The van der Waals surface area contributed by atoms with Gasteiger partial charge in [-0.2, -0.15) is 0 Å². The summed E-state index contributed by atoms with van der Waals surface area (Å²) in [6.45, 7) is 11.1. The summed E-state index contributed by atoms with van der Waals surface area (Å²) >= 11 is 0. The van der Waals surface area contributed by atoms with Gasteiger partial charge in [-0.3, -0.25) is 19.7 Å². The molecular weight excluding hydrogens is 434 g/mol. The van der Waals surface area contributed by atoms with Crippen molar-refractivity contribution in [1.29, 1.82) is 0 Å². The van der Waals surface area contributed by atoms with Crippen LogP contribution < -0.4 is 0 Å². The molecule has 7 heteroatoms. The van der Waals surface area contributed by atoms with Gasteiger partial charge in [0.2, 0.25) is 0 Å².